The van der Waals surface area contributed by atoms with Crippen molar-refractivity contribution in [2.45, 2.75) is 64.8 Å². The van der Waals surface area contributed by atoms with Crippen LogP contribution in [0.5, 0.6) is 0 Å². The first-order chi connectivity index (χ1) is 28.6. The van der Waals surface area contributed by atoms with Crippen LogP contribution < -0.4 is 0 Å². The van der Waals surface area contributed by atoms with E-state index in [9.17, 15) is 19.2 Å². The van der Waals surface area contributed by atoms with Gasteiger partial charge in [0.1, 0.15) is 0 Å². The summed E-state index contributed by atoms with van der Waals surface area (Å²) in [6.07, 6.45) is 1.90. The number of aliphatic carboxylic acids is 2. The van der Waals surface area contributed by atoms with Crippen molar-refractivity contribution in [3.05, 3.63) is 80.0 Å². The SMILES string of the molecule is CCN(CC)C(=O)[C@@H]1C=C2c3cccc4[nH]c(Br)c(c34)C[C@H]2N(C)C1.CCN(CC)C(=O)[C@@H]1C=C2c3cccc4[nH]c(Br)c(c34)C[C@H]2N(C)C1.O=C(O)[C@H](O)[C@@H](O)C(=O)O. The van der Waals surface area contributed by atoms with Gasteiger partial charge in [-0.1, -0.05) is 36.4 Å². The Morgan fingerprint density at radius 3 is 1.33 bits per heavy atom. The molecule has 4 aromatic rings. The zero-order valence-corrected chi connectivity index (χ0v) is 37.9. The zero-order valence-electron chi connectivity index (χ0n) is 34.7. The second-order valence-corrected chi connectivity index (χ2v) is 17.2. The summed E-state index contributed by atoms with van der Waals surface area (Å²) in [5.41, 5.74) is 10.2. The molecular weight excluding hydrogens is 900 g/mol. The Kier molecular flexibility index (Phi) is 14.1. The number of nitrogens with one attached hydrogen (secondary N) is 2. The van der Waals surface area contributed by atoms with Gasteiger partial charge in [0.05, 0.1) is 21.0 Å². The first-order valence-electron chi connectivity index (χ1n) is 20.4. The molecule has 16 heteroatoms. The van der Waals surface area contributed by atoms with Gasteiger partial charge in [-0.25, -0.2) is 9.59 Å². The molecular formula is C44H54Br2N6O8. The molecule has 0 fully saturated rings. The van der Waals surface area contributed by atoms with Gasteiger partial charge in [-0.3, -0.25) is 19.4 Å². The Labute approximate surface area is 366 Å². The number of halogens is 2. The van der Waals surface area contributed by atoms with Crippen LogP contribution in [0.1, 0.15) is 49.9 Å². The lowest BCUT2D eigenvalue weighted by atomic mass is 9.79. The summed E-state index contributed by atoms with van der Waals surface area (Å²) in [6.45, 7) is 12.9. The lowest BCUT2D eigenvalue weighted by molar-refractivity contribution is -0.165. The van der Waals surface area contributed by atoms with Crippen molar-refractivity contribution in [2.24, 2.45) is 11.8 Å². The zero-order chi connectivity index (χ0) is 43.7. The second kappa shape index (κ2) is 18.7. The van der Waals surface area contributed by atoms with Crippen molar-refractivity contribution < 1.29 is 39.6 Å². The molecule has 0 unspecified atom stereocenters. The number of carboxylic acid groups (broad SMARTS) is 2. The van der Waals surface area contributed by atoms with E-state index < -0.39 is 24.1 Å². The molecule has 60 heavy (non-hydrogen) atoms. The third-order valence-corrected chi connectivity index (χ3v) is 13.6. The lowest BCUT2D eigenvalue weighted by Crippen LogP contribution is -2.47. The Bertz CT molecular complexity index is 2180. The number of carbonyl (C=O) groups is 4. The van der Waals surface area contributed by atoms with Crippen LogP contribution in [-0.2, 0) is 32.0 Å². The largest absolute Gasteiger partial charge is 0.479 e. The van der Waals surface area contributed by atoms with Crippen molar-refractivity contribution in [2.75, 3.05) is 53.4 Å². The Morgan fingerprint density at radius 1 is 0.667 bits per heavy atom. The second-order valence-electron chi connectivity index (χ2n) is 15.7. The highest BCUT2D eigenvalue weighted by Gasteiger charge is 2.39. The van der Waals surface area contributed by atoms with Crippen LogP contribution in [-0.4, -0.2) is 151 Å². The minimum atomic E-state index is -2.27. The van der Waals surface area contributed by atoms with Crippen LogP contribution in [0.3, 0.4) is 0 Å². The molecule has 6 N–H and O–H groups in total. The number of aliphatic hydroxyl groups excluding tert-OH is 2. The average molecular weight is 955 g/mol. The van der Waals surface area contributed by atoms with Gasteiger partial charge in [0.2, 0.25) is 11.8 Å². The number of carbonyl (C=O) groups excluding carboxylic acids is 2. The maximum atomic E-state index is 12.9. The maximum Gasteiger partial charge on any atom is 0.335 e. The number of rotatable bonds is 9. The van der Waals surface area contributed by atoms with E-state index in [0.717, 1.165) is 61.3 Å². The number of H-pyrrole nitrogens is 2. The maximum absolute atomic E-state index is 12.9. The van der Waals surface area contributed by atoms with Crippen molar-refractivity contribution in [3.8, 4) is 0 Å². The molecule has 8 rings (SSSR count). The Balaban J connectivity index is 0.000000165. The molecule has 322 valence electrons. The first-order valence-corrected chi connectivity index (χ1v) is 22.0. The molecule has 14 nitrogen and oxygen atoms in total. The highest BCUT2D eigenvalue weighted by Crippen LogP contribution is 2.45. The molecule has 0 saturated heterocycles. The van der Waals surface area contributed by atoms with E-state index in [4.69, 9.17) is 20.4 Å². The number of benzene rings is 2. The highest BCUT2D eigenvalue weighted by atomic mass is 79.9. The summed E-state index contributed by atoms with van der Waals surface area (Å²) in [6, 6.07) is 13.5. The molecule has 2 aliphatic heterocycles. The van der Waals surface area contributed by atoms with Crippen LogP contribution in [0.4, 0.5) is 0 Å². The van der Waals surface area contributed by atoms with Gasteiger partial charge in [0.25, 0.3) is 0 Å². The monoisotopic (exact) mass is 952 g/mol. The predicted molar refractivity (Wildman–Crippen MR) is 238 cm³/mol. The van der Waals surface area contributed by atoms with Crippen LogP contribution in [0.2, 0.25) is 0 Å². The number of nitrogens with zero attached hydrogens (tertiary/aromatic N) is 4. The summed E-state index contributed by atoms with van der Waals surface area (Å²) in [5, 5.41) is 35.1. The normalized spacial score (nSPS) is 21.5. The van der Waals surface area contributed by atoms with E-state index in [1.807, 2.05) is 9.80 Å². The summed E-state index contributed by atoms with van der Waals surface area (Å²) in [4.78, 5) is 60.9. The number of likely N-dealkylation sites (N-methyl/N-ethyl adjacent to an activating group) is 2. The molecule has 2 aliphatic carbocycles. The molecule has 4 heterocycles. The Morgan fingerprint density at radius 2 is 1.02 bits per heavy atom. The number of aromatic nitrogens is 2. The summed E-state index contributed by atoms with van der Waals surface area (Å²) in [7, 11) is 4.29. The topological polar surface area (TPSA) is 194 Å². The first kappa shape index (κ1) is 45.2. The van der Waals surface area contributed by atoms with Crippen LogP contribution in [0.25, 0.3) is 33.0 Å². The number of aromatic amines is 2. The summed E-state index contributed by atoms with van der Waals surface area (Å²) >= 11 is 7.39. The number of fused-ring (bicyclic) bond motifs is 4. The van der Waals surface area contributed by atoms with Crippen LogP contribution >= 0.6 is 31.9 Å². The third kappa shape index (κ3) is 8.59. The number of carboxylic acids is 2. The fourth-order valence-electron chi connectivity index (χ4n) is 9.11. The predicted octanol–water partition coefficient (Wildman–Crippen LogP) is 5.21. The van der Waals surface area contributed by atoms with Crippen molar-refractivity contribution in [1.82, 2.24) is 29.6 Å². The minimum Gasteiger partial charge on any atom is -0.479 e. The fourth-order valence-corrected chi connectivity index (χ4v) is 10.3. The van der Waals surface area contributed by atoms with Gasteiger partial charge < -0.3 is 40.2 Å². The average Bonchev–Trinajstić information content (AvgIpc) is 3.74. The fraction of sp³-hybridized carbons (Fsp3) is 0.455. The van der Waals surface area contributed by atoms with Gasteiger partial charge in [0, 0.05) is 73.2 Å². The summed E-state index contributed by atoms with van der Waals surface area (Å²) < 4.78 is 2.17. The van der Waals surface area contributed by atoms with Gasteiger partial charge in [-0.05, 0) is 132 Å². The van der Waals surface area contributed by atoms with Crippen LogP contribution in [0.15, 0.2) is 57.8 Å². The minimum absolute atomic E-state index is 0.0599. The van der Waals surface area contributed by atoms with Gasteiger partial charge >= 0.3 is 11.9 Å². The van der Waals surface area contributed by atoms with Crippen LogP contribution in [0, 0.1) is 11.8 Å². The van der Waals surface area contributed by atoms with Crippen molar-refractivity contribution >= 4 is 88.6 Å². The van der Waals surface area contributed by atoms with Crippen molar-refractivity contribution in [3.63, 3.8) is 0 Å². The quantitative estimate of drug-likeness (QED) is 0.130. The van der Waals surface area contributed by atoms with E-state index in [1.165, 1.54) is 55.2 Å². The summed E-state index contributed by atoms with van der Waals surface area (Å²) in [5.74, 6) is -3.16. The molecule has 0 saturated carbocycles. The Hall–Kier alpha value is -4.32. The molecule has 2 aromatic carbocycles. The van der Waals surface area contributed by atoms with E-state index in [2.05, 4.69) is 142 Å². The number of hydrogen-bond acceptors (Lipinski definition) is 8. The lowest BCUT2D eigenvalue weighted by Gasteiger charge is -2.40. The van der Waals surface area contributed by atoms with Crippen molar-refractivity contribution in [1.29, 1.82) is 0 Å². The van der Waals surface area contributed by atoms with E-state index in [-0.39, 0.29) is 23.7 Å². The van der Waals surface area contributed by atoms with E-state index in [0.29, 0.717) is 12.1 Å². The number of amides is 2. The number of hydrogen-bond donors (Lipinski definition) is 6. The van der Waals surface area contributed by atoms with Gasteiger partial charge in [-0.15, -0.1) is 0 Å². The molecule has 2 aromatic heterocycles. The number of aliphatic hydroxyl groups is 2. The van der Waals surface area contributed by atoms with Gasteiger partial charge in [0.15, 0.2) is 12.2 Å². The molecule has 0 bridgehead atoms. The standard InChI is InChI=1S/2C20H24BrN3O.C4H6O6/c2*1-4-24(5-2)20(25)12-9-14-13-7-6-8-16-18(13)15(19(21)22-16)10-17(14)23(3)11-12;5-1(3(7)8)2(6)4(9)10/h2*6-9,12,17,22H,4-5,10-11H2,1-3H3;1-2,5-6H,(H,7,8)(H,9,10)/t2*12-,17-;1-,2-/m111/s1. The molecule has 0 radical (unpaired) electrons. The molecule has 4 aliphatic rings. The molecule has 2 amide bonds. The smallest absolute Gasteiger partial charge is 0.335 e. The van der Waals surface area contributed by atoms with Gasteiger partial charge in [-0.2, -0.15) is 0 Å². The highest BCUT2D eigenvalue weighted by molar-refractivity contribution is 9.10. The molecule has 0 spiro atoms. The molecule has 6 atom stereocenters. The van der Waals surface area contributed by atoms with E-state index in [1.54, 1.807) is 0 Å². The van der Waals surface area contributed by atoms with E-state index >= 15 is 0 Å². The third-order valence-electron chi connectivity index (χ3n) is 12.3.